The third-order valence-electron chi connectivity index (χ3n) is 7.04. The predicted octanol–water partition coefficient (Wildman–Crippen LogP) is 3.56. The highest BCUT2D eigenvalue weighted by Gasteiger charge is 2.34. The second-order valence-electron chi connectivity index (χ2n) is 9.75. The number of hydrogen-bond donors (Lipinski definition) is 1. The summed E-state index contributed by atoms with van der Waals surface area (Å²) in [5, 5.41) is 0.887. The van der Waals surface area contributed by atoms with Gasteiger partial charge in [-0.05, 0) is 56.2 Å². The van der Waals surface area contributed by atoms with E-state index in [4.69, 9.17) is 5.73 Å². The highest BCUT2D eigenvalue weighted by molar-refractivity contribution is 7.99. The zero-order chi connectivity index (χ0) is 25.7. The van der Waals surface area contributed by atoms with E-state index in [0.29, 0.717) is 31.2 Å². The van der Waals surface area contributed by atoms with Crippen molar-refractivity contribution in [2.45, 2.75) is 50.3 Å². The number of anilines is 1. The number of aromatic nitrogens is 2. The van der Waals surface area contributed by atoms with E-state index < -0.39 is 0 Å². The summed E-state index contributed by atoms with van der Waals surface area (Å²) in [6.45, 7) is 11.2. The number of nitrogens with zero attached hydrogens (tertiary/aromatic N) is 4. The number of carbonyl (C=O) groups excluding carboxylic acids is 1. The van der Waals surface area contributed by atoms with Crippen LogP contribution in [0.2, 0.25) is 0 Å². The third kappa shape index (κ3) is 4.10. The molecule has 0 bridgehead atoms. The van der Waals surface area contributed by atoms with Crippen molar-refractivity contribution in [3.63, 3.8) is 0 Å². The van der Waals surface area contributed by atoms with Crippen molar-refractivity contribution in [2.24, 2.45) is 5.73 Å². The van der Waals surface area contributed by atoms with Crippen LogP contribution in [-0.4, -0.2) is 57.3 Å². The number of amides is 1. The molecule has 1 saturated heterocycles. The average molecular weight is 508 g/mol. The first-order chi connectivity index (χ1) is 17.2. The van der Waals surface area contributed by atoms with E-state index >= 15 is 0 Å². The molecule has 0 spiro atoms. The van der Waals surface area contributed by atoms with Gasteiger partial charge < -0.3 is 15.5 Å². The number of rotatable bonds is 3. The van der Waals surface area contributed by atoms with E-state index in [2.05, 4.69) is 22.5 Å². The number of nitrogens with two attached hydrogens (primary N) is 1. The van der Waals surface area contributed by atoms with Crippen molar-refractivity contribution in [3.8, 4) is 11.1 Å². The minimum atomic E-state index is -0.337. The lowest BCUT2D eigenvalue weighted by Gasteiger charge is -2.44. The van der Waals surface area contributed by atoms with Gasteiger partial charge in [0.2, 0.25) is 5.91 Å². The fourth-order valence-electron chi connectivity index (χ4n) is 5.56. The number of benzene rings is 2. The van der Waals surface area contributed by atoms with Gasteiger partial charge >= 0.3 is 5.69 Å². The summed E-state index contributed by atoms with van der Waals surface area (Å²) >= 11 is 1.63. The summed E-state index contributed by atoms with van der Waals surface area (Å²) in [6, 6.07) is 8.18. The van der Waals surface area contributed by atoms with E-state index in [0.717, 1.165) is 32.5 Å². The van der Waals surface area contributed by atoms with Gasteiger partial charge in [0.15, 0.2) is 0 Å². The molecule has 36 heavy (non-hydrogen) atoms. The molecule has 3 atom stereocenters. The third-order valence-corrected chi connectivity index (χ3v) is 8.32. The lowest BCUT2D eigenvalue weighted by molar-refractivity contribution is -0.130. The van der Waals surface area contributed by atoms with Crippen molar-refractivity contribution >= 4 is 34.4 Å². The Morgan fingerprint density at radius 1 is 1.19 bits per heavy atom. The Morgan fingerprint density at radius 3 is 2.50 bits per heavy atom. The zero-order valence-corrected chi connectivity index (χ0v) is 21.5. The molecule has 3 aromatic rings. The summed E-state index contributed by atoms with van der Waals surface area (Å²) in [4.78, 5) is 35.3. The minimum absolute atomic E-state index is 0.0731. The lowest BCUT2D eigenvalue weighted by Crippen LogP contribution is -2.58. The molecular weight excluding hydrogens is 477 g/mol. The van der Waals surface area contributed by atoms with E-state index in [1.807, 2.05) is 25.7 Å². The van der Waals surface area contributed by atoms with E-state index in [-0.39, 0.29) is 35.5 Å². The van der Waals surface area contributed by atoms with Gasteiger partial charge in [-0.1, -0.05) is 18.7 Å². The molecule has 1 fully saturated rings. The minimum Gasteiger partial charge on any atom is -0.352 e. The van der Waals surface area contributed by atoms with E-state index in [9.17, 15) is 14.0 Å². The van der Waals surface area contributed by atoms with Gasteiger partial charge in [-0.25, -0.2) is 9.18 Å². The quantitative estimate of drug-likeness (QED) is 0.546. The van der Waals surface area contributed by atoms with Gasteiger partial charge in [-0.3, -0.25) is 9.36 Å². The molecule has 1 aromatic heterocycles. The van der Waals surface area contributed by atoms with Gasteiger partial charge in [-0.2, -0.15) is 4.98 Å². The molecule has 2 aliphatic rings. The van der Waals surface area contributed by atoms with Crippen molar-refractivity contribution < 1.29 is 9.18 Å². The normalized spacial score (nSPS) is 22.0. The molecule has 3 heterocycles. The van der Waals surface area contributed by atoms with Crippen molar-refractivity contribution in [3.05, 3.63) is 64.9 Å². The highest BCUT2D eigenvalue weighted by atomic mass is 32.2. The molecule has 0 saturated carbocycles. The Balaban J connectivity index is 1.73. The molecule has 188 valence electrons. The average Bonchev–Trinajstić information content (AvgIpc) is 3.01. The standard InChI is InChI=1S/C27H30FN5O2S/c1-5-22(34)33-16(3)11-31(12-17(33)4)26-21-10-15(2)23(18-6-8-19(28)9-7-18)25-24(21)32(27(35)30-26)13-20(29)14-36-25/h5-10,16-17,20H,1,11-14,29H2,2-4H3/t16-,17?,20-/m0/s1. The molecule has 0 radical (unpaired) electrons. The molecule has 2 aromatic carbocycles. The number of thioether (sulfide) groups is 1. The maximum absolute atomic E-state index is 13.7. The zero-order valence-electron chi connectivity index (χ0n) is 20.7. The summed E-state index contributed by atoms with van der Waals surface area (Å²) in [7, 11) is 0. The summed E-state index contributed by atoms with van der Waals surface area (Å²) in [5.74, 6) is 0.890. The number of hydrogen-bond acceptors (Lipinski definition) is 6. The summed E-state index contributed by atoms with van der Waals surface area (Å²) < 4.78 is 15.4. The van der Waals surface area contributed by atoms with Crippen molar-refractivity contribution in [1.29, 1.82) is 0 Å². The van der Waals surface area contributed by atoms with Gasteiger partial charge in [0.25, 0.3) is 0 Å². The van der Waals surface area contributed by atoms with E-state index in [1.54, 1.807) is 28.5 Å². The first-order valence-electron chi connectivity index (χ1n) is 12.1. The van der Waals surface area contributed by atoms with Gasteiger partial charge in [0.05, 0.1) is 5.52 Å². The largest absolute Gasteiger partial charge is 0.352 e. The molecule has 2 aliphatic heterocycles. The van der Waals surface area contributed by atoms with Crippen LogP contribution in [-0.2, 0) is 11.3 Å². The van der Waals surface area contributed by atoms with Crippen molar-refractivity contribution in [2.75, 3.05) is 23.7 Å². The van der Waals surface area contributed by atoms with E-state index in [1.165, 1.54) is 18.2 Å². The van der Waals surface area contributed by atoms with Gasteiger partial charge in [0, 0.05) is 59.4 Å². The first kappa shape index (κ1) is 24.5. The molecule has 2 N–H and O–H groups in total. The van der Waals surface area contributed by atoms with Crippen LogP contribution >= 0.6 is 11.8 Å². The molecular formula is C27H30FN5O2S. The first-order valence-corrected chi connectivity index (χ1v) is 13.1. The predicted molar refractivity (Wildman–Crippen MR) is 143 cm³/mol. The van der Waals surface area contributed by atoms with Crippen LogP contribution in [0.3, 0.4) is 0 Å². The monoisotopic (exact) mass is 507 g/mol. The maximum atomic E-state index is 13.7. The van der Waals surface area contributed by atoms with Crippen LogP contribution in [0.4, 0.5) is 10.2 Å². The molecule has 0 aliphatic carbocycles. The molecule has 1 unspecified atom stereocenters. The SMILES string of the molecule is C=CC(=O)N1C(C)CN(c2nc(=O)n3c4c(c(-c5ccc(F)cc5)c(C)cc24)SC[C@@H](N)C3)C[C@@H]1C. The van der Waals surface area contributed by atoms with Crippen LogP contribution in [0.1, 0.15) is 19.4 Å². The molecule has 5 rings (SSSR count). The van der Waals surface area contributed by atoms with Crippen LogP contribution in [0.15, 0.2) is 52.7 Å². The van der Waals surface area contributed by atoms with Crippen LogP contribution in [0, 0.1) is 12.7 Å². The van der Waals surface area contributed by atoms with Crippen LogP contribution in [0.25, 0.3) is 22.0 Å². The van der Waals surface area contributed by atoms with Crippen LogP contribution in [0.5, 0.6) is 0 Å². The Kier molecular flexibility index (Phi) is 6.38. The second kappa shape index (κ2) is 9.37. The Labute approximate surface area is 213 Å². The fourth-order valence-corrected chi connectivity index (χ4v) is 6.83. The Morgan fingerprint density at radius 2 is 1.86 bits per heavy atom. The molecule has 7 nitrogen and oxygen atoms in total. The number of halogens is 1. The van der Waals surface area contributed by atoms with Gasteiger partial charge in [0.1, 0.15) is 11.6 Å². The van der Waals surface area contributed by atoms with Gasteiger partial charge in [-0.15, -0.1) is 11.8 Å². The summed E-state index contributed by atoms with van der Waals surface area (Å²) in [6.07, 6.45) is 1.35. The maximum Gasteiger partial charge on any atom is 0.350 e. The smallest absolute Gasteiger partial charge is 0.350 e. The highest BCUT2D eigenvalue weighted by Crippen LogP contribution is 2.43. The second-order valence-corrected chi connectivity index (χ2v) is 10.8. The van der Waals surface area contributed by atoms with Crippen molar-refractivity contribution in [1.82, 2.24) is 14.5 Å². The Bertz CT molecular complexity index is 1410. The molecule has 9 heteroatoms. The Hall–Kier alpha value is -3.17. The molecule has 1 amide bonds. The lowest BCUT2D eigenvalue weighted by atomic mass is 9.97. The van der Waals surface area contributed by atoms with Crippen LogP contribution < -0.4 is 16.3 Å². The number of carbonyl (C=O) groups is 1. The number of piperazine rings is 1. The summed E-state index contributed by atoms with van der Waals surface area (Å²) in [5.41, 5.74) is 9.74. The number of aryl methyl sites for hydroxylation is 1. The fraction of sp³-hybridized carbons (Fsp3) is 0.370. The topological polar surface area (TPSA) is 84.5 Å².